The number of H-pyrrole nitrogens is 2. The number of rotatable bonds is 2. The first-order valence-corrected chi connectivity index (χ1v) is 6.89. The van der Waals surface area contributed by atoms with Gasteiger partial charge in [0, 0.05) is 16.6 Å². The lowest BCUT2D eigenvalue weighted by Gasteiger charge is -2.00. The van der Waals surface area contributed by atoms with Gasteiger partial charge in [0.25, 0.3) is 5.56 Å². The SMILES string of the molecule is CCn1c(=O)[nH]c(=O)c2[nH]c(-c3ccccc3Br)nc21. The lowest BCUT2D eigenvalue weighted by molar-refractivity contribution is 0.720. The molecule has 6 nitrogen and oxygen atoms in total. The molecule has 2 aromatic heterocycles. The molecule has 0 bridgehead atoms. The van der Waals surface area contributed by atoms with Crippen LogP contribution in [0, 0.1) is 0 Å². The van der Waals surface area contributed by atoms with Crippen LogP contribution < -0.4 is 11.2 Å². The number of benzene rings is 1. The summed E-state index contributed by atoms with van der Waals surface area (Å²) in [6.07, 6.45) is 0. The van der Waals surface area contributed by atoms with Crippen LogP contribution in [0.3, 0.4) is 0 Å². The van der Waals surface area contributed by atoms with E-state index in [2.05, 4.69) is 30.9 Å². The van der Waals surface area contributed by atoms with Gasteiger partial charge in [0.05, 0.1) is 0 Å². The Kier molecular flexibility index (Phi) is 3.06. The Hall–Kier alpha value is -2.15. The van der Waals surface area contributed by atoms with Crippen molar-refractivity contribution in [3.63, 3.8) is 0 Å². The molecule has 0 atom stereocenters. The van der Waals surface area contributed by atoms with E-state index < -0.39 is 11.2 Å². The van der Waals surface area contributed by atoms with E-state index in [0.29, 0.717) is 23.5 Å². The maximum Gasteiger partial charge on any atom is 0.330 e. The molecule has 0 radical (unpaired) electrons. The molecule has 0 amide bonds. The smallest absolute Gasteiger partial charge is 0.330 e. The van der Waals surface area contributed by atoms with E-state index in [4.69, 9.17) is 0 Å². The van der Waals surface area contributed by atoms with Crippen LogP contribution in [-0.2, 0) is 6.54 Å². The molecule has 0 fully saturated rings. The zero-order valence-corrected chi connectivity index (χ0v) is 12.2. The predicted molar refractivity (Wildman–Crippen MR) is 79.8 cm³/mol. The molecule has 0 saturated carbocycles. The van der Waals surface area contributed by atoms with Crippen LogP contribution in [0.15, 0.2) is 38.3 Å². The van der Waals surface area contributed by atoms with E-state index in [1.807, 2.05) is 31.2 Å². The average Bonchev–Trinajstić information content (AvgIpc) is 2.85. The third kappa shape index (κ3) is 1.90. The fourth-order valence-corrected chi connectivity index (χ4v) is 2.59. The molecule has 2 N–H and O–H groups in total. The number of hydrogen-bond donors (Lipinski definition) is 2. The van der Waals surface area contributed by atoms with Gasteiger partial charge in [0.2, 0.25) is 0 Å². The Bertz CT molecular complexity index is 907. The fraction of sp³-hybridized carbons (Fsp3) is 0.154. The number of imidazole rings is 1. The molecule has 0 aliphatic rings. The maximum atomic E-state index is 11.8. The summed E-state index contributed by atoms with van der Waals surface area (Å²) in [7, 11) is 0. The second-order valence-corrected chi connectivity index (χ2v) is 5.12. The molecule has 0 aliphatic carbocycles. The lowest BCUT2D eigenvalue weighted by Crippen LogP contribution is -2.29. The van der Waals surface area contributed by atoms with Gasteiger partial charge in [-0.3, -0.25) is 14.3 Å². The number of nitrogens with zero attached hydrogens (tertiary/aromatic N) is 2. The standard InChI is InChI=1S/C13H11BrN4O2/c1-2-18-11-9(12(19)17-13(18)20)15-10(16-11)7-5-3-4-6-8(7)14/h3-6H,2H2,1H3,(H,15,16)(H,17,19,20). The van der Waals surface area contributed by atoms with Gasteiger partial charge >= 0.3 is 5.69 Å². The van der Waals surface area contributed by atoms with Crippen molar-refractivity contribution in [3.05, 3.63) is 49.6 Å². The van der Waals surface area contributed by atoms with Crippen LogP contribution in [-0.4, -0.2) is 19.5 Å². The molecule has 3 aromatic rings. The summed E-state index contributed by atoms with van der Waals surface area (Å²) in [5, 5.41) is 0. The van der Waals surface area contributed by atoms with Gasteiger partial charge < -0.3 is 4.98 Å². The zero-order chi connectivity index (χ0) is 14.3. The third-order valence-corrected chi connectivity index (χ3v) is 3.77. The van der Waals surface area contributed by atoms with Crippen LogP contribution in [0.4, 0.5) is 0 Å². The maximum absolute atomic E-state index is 11.8. The minimum Gasteiger partial charge on any atom is -0.332 e. The summed E-state index contributed by atoms with van der Waals surface area (Å²) in [6, 6.07) is 7.54. The Morgan fingerprint density at radius 2 is 2.00 bits per heavy atom. The second kappa shape index (κ2) is 4.75. The number of fused-ring (bicyclic) bond motifs is 1. The third-order valence-electron chi connectivity index (χ3n) is 3.08. The zero-order valence-electron chi connectivity index (χ0n) is 10.6. The Morgan fingerprint density at radius 3 is 2.70 bits per heavy atom. The Morgan fingerprint density at radius 1 is 1.25 bits per heavy atom. The molecular formula is C13H11BrN4O2. The van der Waals surface area contributed by atoms with Gasteiger partial charge in [0.15, 0.2) is 5.65 Å². The van der Waals surface area contributed by atoms with E-state index in [1.54, 1.807) is 0 Å². The first-order valence-electron chi connectivity index (χ1n) is 6.09. The van der Waals surface area contributed by atoms with Crippen molar-refractivity contribution in [3.8, 4) is 11.4 Å². The lowest BCUT2D eigenvalue weighted by atomic mass is 10.2. The molecule has 0 unspecified atom stereocenters. The van der Waals surface area contributed by atoms with Gasteiger partial charge in [-0.2, -0.15) is 0 Å². The predicted octanol–water partition coefficient (Wildman–Crippen LogP) is 1.86. The minimum atomic E-state index is -0.458. The van der Waals surface area contributed by atoms with E-state index >= 15 is 0 Å². The van der Waals surface area contributed by atoms with Crippen molar-refractivity contribution in [2.75, 3.05) is 0 Å². The van der Waals surface area contributed by atoms with Crippen molar-refractivity contribution in [1.82, 2.24) is 19.5 Å². The highest BCUT2D eigenvalue weighted by Gasteiger charge is 2.14. The molecule has 0 aliphatic heterocycles. The van der Waals surface area contributed by atoms with Gasteiger partial charge in [-0.1, -0.05) is 34.1 Å². The summed E-state index contributed by atoms with van der Waals surface area (Å²) in [6.45, 7) is 2.26. The van der Waals surface area contributed by atoms with Crippen LogP contribution in [0.2, 0.25) is 0 Å². The van der Waals surface area contributed by atoms with Gasteiger partial charge in [0.1, 0.15) is 11.3 Å². The fourth-order valence-electron chi connectivity index (χ4n) is 2.12. The van der Waals surface area contributed by atoms with E-state index in [1.165, 1.54) is 4.57 Å². The Balaban J connectivity index is 2.37. The molecule has 7 heteroatoms. The van der Waals surface area contributed by atoms with Crippen LogP contribution in [0.25, 0.3) is 22.6 Å². The highest BCUT2D eigenvalue weighted by atomic mass is 79.9. The average molecular weight is 335 g/mol. The van der Waals surface area contributed by atoms with E-state index in [0.717, 1.165) is 10.0 Å². The number of hydrogen-bond acceptors (Lipinski definition) is 3. The molecule has 0 spiro atoms. The monoisotopic (exact) mass is 334 g/mol. The molecule has 20 heavy (non-hydrogen) atoms. The van der Waals surface area contributed by atoms with E-state index in [9.17, 15) is 9.59 Å². The second-order valence-electron chi connectivity index (χ2n) is 4.27. The van der Waals surface area contributed by atoms with Crippen molar-refractivity contribution < 1.29 is 0 Å². The van der Waals surface area contributed by atoms with Gasteiger partial charge in [-0.25, -0.2) is 9.78 Å². The van der Waals surface area contributed by atoms with Crippen LogP contribution in [0.1, 0.15) is 6.92 Å². The molecule has 0 saturated heterocycles. The summed E-state index contributed by atoms with van der Waals surface area (Å²) in [5.41, 5.74) is 0.595. The first-order chi connectivity index (χ1) is 9.61. The highest BCUT2D eigenvalue weighted by Crippen LogP contribution is 2.26. The summed E-state index contributed by atoms with van der Waals surface area (Å²) in [4.78, 5) is 33.2. The number of halogens is 1. The highest BCUT2D eigenvalue weighted by molar-refractivity contribution is 9.10. The first kappa shape index (κ1) is 12.9. The van der Waals surface area contributed by atoms with Crippen molar-refractivity contribution >= 4 is 27.1 Å². The van der Waals surface area contributed by atoms with Crippen molar-refractivity contribution in [1.29, 1.82) is 0 Å². The number of aryl methyl sites for hydroxylation is 1. The molecule has 3 rings (SSSR count). The summed E-state index contributed by atoms with van der Waals surface area (Å²) < 4.78 is 2.29. The number of aromatic amines is 2. The van der Waals surface area contributed by atoms with Gasteiger partial charge in [-0.05, 0) is 13.0 Å². The van der Waals surface area contributed by atoms with E-state index in [-0.39, 0.29) is 0 Å². The Labute approximate surface area is 121 Å². The van der Waals surface area contributed by atoms with Crippen molar-refractivity contribution in [2.24, 2.45) is 0 Å². The topological polar surface area (TPSA) is 83.5 Å². The van der Waals surface area contributed by atoms with Crippen LogP contribution in [0.5, 0.6) is 0 Å². The molecule has 102 valence electrons. The van der Waals surface area contributed by atoms with Crippen LogP contribution >= 0.6 is 15.9 Å². The van der Waals surface area contributed by atoms with Crippen molar-refractivity contribution in [2.45, 2.75) is 13.5 Å². The summed E-state index contributed by atoms with van der Waals surface area (Å²) in [5.74, 6) is 0.547. The quantitative estimate of drug-likeness (QED) is 0.750. The summed E-state index contributed by atoms with van der Waals surface area (Å²) >= 11 is 3.44. The normalized spacial score (nSPS) is 11.1. The van der Waals surface area contributed by atoms with Gasteiger partial charge in [-0.15, -0.1) is 0 Å². The number of aromatic nitrogens is 4. The number of nitrogens with one attached hydrogen (secondary N) is 2. The minimum absolute atomic E-state index is 0.303. The largest absolute Gasteiger partial charge is 0.332 e. The molecule has 1 aromatic carbocycles. The molecule has 2 heterocycles. The molecular weight excluding hydrogens is 324 g/mol.